The molecule has 0 bridgehead atoms. The Balaban J connectivity index is 2.01. The van der Waals surface area contributed by atoms with E-state index in [1.165, 1.54) is 6.92 Å². The van der Waals surface area contributed by atoms with Gasteiger partial charge in [-0.15, -0.1) is 10.2 Å². The van der Waals surface area contributed by atoms with E-state index >= 15 is 0 Å². The van der Waals surface area contributed by atoms with Gasteiger partial charge in [0.05, 0.1) is 4.47 Å². The highest BCUT2D eigenvalue weighted by Crippen LogP contribution is 2.33. The number of anilines is 1. The fraction of sp³-hybridized carbons (Fsp3) is 0.250. The van der Waals surface area contributed by atoms with Crippen LogP contribution in [0.1, 0.15) is 11.9 Å². The van der Waals surface area contributed by atoms with Crippen LogP contribution in [-0.2, 0) is 11.0 Å². The van der Waals surface area contributed by atoms with E-state index in [1.54, 1.807) is 18.2 Å². The maximum absolute atomic E-state index is 12.4. The number of carbonyl (C=O) groups is 1. The van der Waals surface area contributed by atoms with E-state index in [-0.39, 0.29) is 16.5 Å². The van der Waals surface area contributed by atoms with Gasteiger partial charge < -0.3 is 4.74 Å². The number of alkyl halides is 3. The number of amides is 1. The molecule has 23 heavy (non-hydrogen) atoms. The van der Waals surface area contributed by atoms with E-state index in [2.05, 4.69) is 31.4 Å². The first-order valence-electron chi connectivity index (χ1n) is 6.00. The van der Waals surface area contributed by atoms with Gasteiger partial charge in [-0.1, -0.05) is 22.9 Å². The van der Waals surface area contributed by atoms with Crippen LogP contribution in [0, 0.1) is 0 Å². The number of rotatable bonds is 4. The van der Waals surface area contributed by atoms with Crippen molar-refractivity contribution >= 4 is 49.9 Å². The first-order valence-corrected chi connectivity index (χ1v) is 7.99. The van der Waals surface area contributed by atoms with Crippen molar-refractivity contribution in [3.63, 3.8) is 0 Å². The highest BCUT2D eigenvalue weighted by Gasteiger charge is 2.36. The van der Waals surface area contributed by atoms with Gasteiger partial charge in [-0.25, -0.2) is 0 Å². The molecule has 5 nitrogen and oxygen atoms in total. The standard InChI is InChI=1S/C12H8BrClF3N3O2S/c1-5(22-8-3-2-6(14)4-7(8)13)9(21)18-11-20-19-10(23-11)12(15,16)17/h2-5H,1H3,(H,18,20,21). The van der Waals surface area contributed by atoms with Crippen molar-refractivity contribution in [2.45, 2.75) is 19.2 Å². The van der Waals surface area contributed by atoms with E-state index in [1.807, 2.05) is 0 Å². The van der Waals surface area contributed by atoms with Gasteiger partial charge in [0, 0.05) is 5.02 Å². The molecule has 0 saturated carbocycles. The molecule has 1 amide bonds. The molecule has 1 aromatic heterocycles. The SMILES string of the molecule is CC(Oc1ccc(Cl)cc1Br)C(=O)Nc1nnc(C(F)(F)F)s1. The highest BCUT2D eigenvalue weighted by atomic mass is 79.9. The van der Waals surface area contributed by atoms with Gasteiger partial charge in [-0.3, -0.25) is 10.1 Å². The lowest BCUT2D eigenvalue weighted by atomic mass is 10.3. The number of carbonyl (C=O) groups excluding carboxylic acids is 1. The molecule has 1 N–H and O–H groups in total. The summed E-state index contributed by atoms with van der Waals surface area (Å²) in [6.45, 7) is 1.45. The monoisotopic (exact) mass is 429 g/mol. The summed E-state index contributed by atoms with van der Waals surface area (Å²) >= 11 is 9.26. The Hall–Kier alpha value is -1.39. The summed E-state index contributed by atoms with van der Waals surface area (Å²) in [5.41, 5.74) is 0. The minimum Gasteiger partial charge on any atom is -0.480 e. The second-order valence-corrected chi connectivity index (χ2v) is 6.50. The summed E-state index contributed by atoms with van der Waals surface area (Å²) in [4.78, 5) is 11.9. The number of benzene rings is 1. The summed E-state index contributed by atoms with van der Waals surface area (Å²) in [6, 6.07) is 4.72. The van der Waals surface area contributed by atoms with Crippen LogP contribution in [0.25, 0.3) is 0 Å². The first-order chi connectivity index (χ1) is 10.7. The van der Waals surface area contributed by atoms with Crippen LogP contribution in [0.2, 0.25) is 5.02 Å². The van der Waals surface area contributed by atoms with E-state index < -0.39 is 23.2 Å². The van der Waals surface area contributed by atoms with E-state index in [9.17, 15) is 18.0 Å². The largest absolute Gasteiger partial charge is 0.480 e. The topological polar surface area (TPSA) is 64.1 Å². The minimum atomic E-state index is -4.60. The van der Waals surface area contributed by atoms with Crippen LogP contribution >= 0.6 is 38.9 Å². The Bertz CT molecular complexity index is 726. The van der Waals surface area contributed by atoms with Crippen molar-refractivity contribution in [1.82, 2.24) is 10.2 Å². The second kappa shape index (κ2) is 7.02. The van der Waals surface area contributed by atoms with Gasteiger partial charge in [-0.05, 0) is 41.1 Å². The quantitative estimate of drug-likeness (QED) is 0.782. The highest BCUT2D eigenvalue weighted by molar-refractivity contribution is 9.10. The Morgan fingerprint density at radius 2 is 2.13 bits per heavy atom. The zero-order valence-corrected chi connectivity index (χ0v) is 14.5. The van der Waals surface area contributed by atoms with Gasteiger partial charge in [-0.2, -0.15) is 13.2 Å². The molecule has 0 saturated heterocycles. The molecule has 0 radical (unpaired) electrons. The molecule has 124 valence electrons. The van der Waals surface area contributed by atoms with Gasteiger partial charge in [0.15, 0.2) is 6.10 Å². The number of hydrogen-bond donors (Lipinski definition) is 1. The Morgan fingerprint density at radius 3 is 2.70 bits per heavy atom. The summed E-state index contributed by atoms with van der Waals surface area (Å²) in [6.07, 6.45) is -5.57. The minimum absolute atomic E-state index is 0.236. The molecule has 2 rings (SSSR count). The van der Waals surface area contributed by atoms with Crippen LogP contribution in [0.15, 0.2) is 22.7 Å². The summed E-state index contributed by atoms with van der Waals surface area (Å²) in [5.74, 6) is -0.290. The van der Waals surface area contributed by atoms with Gasteiger partial charge >= 0.3 is 6.18 Å². The maximum Gasteiger partial charge on any atom is 0.445 e. The number of hydrogen-bond acceptors (Lipinski definition) is 5. The second-order valence-electron chi connectivity index (χ2n) is 4.23. The van der Waals surface area contributed by atoms with E-state index in [0.29, 0.717) is 15.2 Å². The third-order valence-corrected chi connectivity index (χ3v) is 4.20. The third kappa shape index (κ3) is 4.79. The average molecular weight is 431 g/mol. The maximum atomic E-state index is 12.4. The molecule has 1 aromatic carbocycles. The zero-order valence-electron chi connectivity index (χ0n) is 11.3. The predicted molar refractivity (Wildman–Crippen MR) is 82.8 cm³/mol. The number of ether oxygens (including phenoxy) is 1. The van der Waals surface area contributed by atoms with Crippen molar-refractivity contribution < 1.29 is 22.7 Å². The summed E-state index contributed by atoms with van der Waals surface area (Å²) < 4.78 is 43.2. The van der Waals surface area contributed by atoms with Gasteiger partial charge in [0.1, 0.15) is 5.75 Å². The summed E-state index contributed by atoms with van der Waals surface area (Å²) in [7, 11) is 0. The molecular weight excluding hydrogens is 423 g/mol. The van der Waals surface area contributed by atoms with E-state index in [0.717, 1.165) is 0 Å². The molecule has 2 aromatic rings. The van der Waals surface area contributed by atoms with Crippen molar-refractivity contribution in [1.29, 1.82) is 0 Å². The lowest BCUT2D eigenvalue weighted by Gasteiger charge is -2.14. The number of aromatic nitrogens is 2. The first kappa shape index (κ1) is 18.0. The smallest absolute Gasteiger partial charge is 0.445 e. The molecule has 0 aliphatic carbocycles. The number of nitrogens with zero attached hydrogens (tertiary/aromatic N) is 2. The average Bonchev–Trinajstić information content (AvgIpc) is 2.90. The molecule has 0 spiro atoms. The lowest BCUT2D eigenvalue weighted by molar-refractivity contribution is -0.138. The molecule has 1 unspecified atom stereocenters. The third-order valence-electron chi connectivity index (χ3n) is 2.46. The van der Waals surface area contributed by atoms with Gasteiger partial charge in [0.2, 0.25) is 10.1 Å². The molecule has 1 heterocycles. The normalized spacial score (nSPS) is 12.8. The van der Waals surface area contributed by atoms with Crippen LogP contribution in [0.5, 0.6) is 5.75 Å². The van der Waals surface area contributed by atoms with Crippen LogP contribution < -0.4 is 10.1 Å². The predicted octanol–water partition coefficient (Wildman–Crippen LogP) is 4.38. The fourth-order valence-corrected chi connectivity index (χ4v) is 2.80. The fourth-order valence-electron chi connectivity index (χ4n) is 1.41. The Morgan fingerprint density at radius 1 is 1.43 bits per heavy atom. The molecular formula is C12H8BrClF3N3O2S. The molecule has 11 heteroatoms. The van der Waals surface area contributed by atoms with Gasteiger partial charge in [0.25, 0.3) is 5.91 Å². The van der Waals surface area contributed by atoms with Crippen LogP contribution in [0.4, 0.5) is 18.3 Å². The molecule has 0 fully saturated rings. The van der Waals surface area contributed by atoms with Crippen molar-refractivity contribution in [3.05, 3.63) is 32.7 Å². The molecule has 0 aliphatic rings. The Kier molecular flexibility index (Phi) is 5.48. The van der Waals surface area contributed by atoms with Crippen molar-refractivity contribution in [3.8, 4) is 5.75 Å². The van der Waals surface area contributed by atoms with Crippen LogP contribution in [0.3, 0.4) is 0 Å². The van der Waals surface area contributed by atoms with Crippen molar-refractivity contribution in [2.24, 2.45) is 0 Å². The summed E-state index contributed by atoms with van der Waals surface area (Å²) in [5, 5.41) is 7.56. The zero-order chi connectivity index (χ0) is 17.2. The molecule has 1 atom stereocenters. The van der Waals surface area contributed by atoms with Crippen molar-refractivity contribution in [2.75, 3.05) is 5.32 Å². The lowest BCUT2D eigenvalue weighted by Crippen LogP contribution is -2.30. The van der Waals surface area contributed by atoms with Crippen LogP contribution in [-0.4, -0.2) is 22.2 Å². The number of nitrogens with one attached hydrogen (secondary N) is 1. The molecule has 0 aliphatic heterocycles. The number of halogens is 5. The van der Waals surface area contributed by atoms with E-state index in [4.69, 9.17) is 16.3 Å². The Labute approximate surface area is 145 Å².